The standard InChI is InChI=1S/C27H32N2O7S.C20H28BNO4S.C13H16BrNO5/c1-33-27(30)21-16-19-26(37-21)23(17-8-3-2-4-9-17)24(28-19)18-10-7-11-20(29(31)32)25(18)36-15-14-35-22-12-5-6-13-34-22;1-19(2)20(3,4)26-21(25-19)17-15(12-9-7-6-8-10-12)16-13(22-17)11-14(27-16)18(23)24-5;14-10-4-3-5-11(15(16)17)13(10)20-9-8-19-12-6-1-2-7-18-12/h7,10-11,16-17,22,28H,2-6,8-9,12-15H2,1H3;11-12,22H,6-10H2,1-5H3;3-5,12H,1-2,6-9H2. The van der Waals surface area contributed by atoms with Gasteiger partial charge in [0.15, 0.2) is 12.6 Å². The van der Waals surface area contributed by atoms with Gasteiger partial charge >= 0.3 is 30.4 Å². The molecule has 5 aliphatic rings. The van der Waals surface area contributed by atoms with Gasteiger partial charge in [-0.1, -0.05) is 50.7 Å². The van der Waals surface area contributed by atoms with Crippen LogP contribution in [0.4, 0.5) is 11.4 Å². The predicted molar refractivity (Wildman–Crippen MR) is 325 cm³/mol. The largest absolute Gasteiger partial charge is 0.512 e. The molecule has 24 heteroatoms. The predicted octanol–water partition coefficient (Wildman–Crippen LogP) is 14.2. The summed E-state index contributed by atoms with van der Waals surface area (Å²) in [5, 5.41) is 22.9. The number of fused-ring (bicyclic) bond motifs is 2. The average Bonchev–Trinajstić information content (AvgIpc) is 2.89. The summed E-state index contributed by atoms with van der Waals surface area (Å²) in [6.07, 6.45) is 17.2. The summed E-state index contributed by atoms with van der Waals surface area (Å²) in [6.45, 7) is 10.7. The number of nitro benzene ring substituents is 2. The van der Waals surface area contributed by atoms with Gasteiger partial charge in [-0.2, -0.15) is 0 Å². The number of carbonyl (C=O) groups is 2. The zero-order valence-corrected chi connectivity index (χ0v) is 51.9. The first kappa shape index (κ1) is 63.1. The number of aromatic amines is 2. The fraction of sp³-hybridized carbons (Fsp3) is 0.567. The number of methoxy groups -OCH3 is 2. The van der Waals surface area contributed by atoms with Crippen molar-refractivity contribution in [2.24, 2.45) is 0 Å². The second-order valence-corrected chi connectivity index (χ2v) is 25.6. The molecule has 0 spiro atoms. The number of halogens is 1. The van der Waals surface area contributed by atoms with Crippen LogP contribution in [0, 0.1) is 20.2 Å². The summed E-state index contributed by atoms with van der Waals surface area (Å²) >= 11 is 6.17. The van der Waals surface area contributed by atoms with Gasteiger partial charge in [0.25, 0.3) is 0 Å². The summed E-state index contributed by atoms with van der Waals surface area (Å²) in [6, 6.07) is 13.4. The lowest BCUT2D eigenvalue weighted by atomic mass is 9.75. The van der Waals surface area contributed by atoms with E-state index in [1.807, 2.05) is 12.1 Å². The zero-order chi connectivity index (χ0) is 59.5. The summed E-state index contributed by atoms with van der Waals surface area (Å²) < 4.78 is 59.1. The third kappa shape index (κ3) is 14.9. The van der Waals surface area contributed by atoms with Crippen LogP contribution in [0.1, 0.15) is 173 Å². The van der Waals surface area contributed by atoms with Crippen LogP contribution in [0.3, 0.4) is 0 Å². The van der Waals surface area contributed by atoms with E-state index in [-0.39, 0.29) is 78.4 Å². The number of aromatic nitrogens is 2. The van der Waals surface area contributed by atoms with E-state index < -0.39 is 17.0 Å². The minimum Gasteiger partial charge on any atom is -0.484 e. The number of rotatable bonds is 18. The quantitative estimate of drug-likeness (QED) is 0.0267. The average molecular weight is 1260 g/mol. The van der Waals surface area contributed by atoms with Crippen LogP contribution in [0.15, 0.2) is 53.0 Å². The Morgan fingerprint density at radius 1 is 0.631 bits per heavy atom. The summed E-state index contributed by atoms with van der Waals surface area (Å²) in [4.78, 5) is 54.4. The number of thiophene rings is 2. The highest BCUT2D eigenvalue weighted by Gasteiger charge is 2.53. The van der Waals surface area contributed by atoms with Gasteiger partial charge in [-0.15, -0.1) is 22.7 Å². The second kappa shape index (κ2) is 28.8. The number of ether oxygens (including phenoxy) is 8. The lowest BCUT2D eigenvalue weighted by Gasteiger charge is -2.32. The summed E-state index contributed by atoms with van der Waals surface area (Å²) in [5.74, 6) is 0.570. The van der Waals surface area contributed by atoms with E-state index in [0.29, 0.717) is 44.8 Å². The lowest BCUT2D eigenvalue weighted by Crippen LogP contribution is -2.41. The van der Waals surface area contributed by atoms with Gasteiger partial charge < -0.3 is 57.2 Å². The number of H-pyrrole nitrogens is 2. The molecule has 11 rings (SSSR count). The molecular weight excluding hydrogens is 1190 g/mol. The molecule has 2 aliphatic carbocycles. The maximum absolute atomic E-state index is 12.2. The van der Waals surface area contributed by atoms with E-state index >= 15 is 0 Å². The van der Waals surface area contributed by atoms with Crippen molar-refractivity contribution in [3.05, 3.63) is 94.1 Å². The van der Waals surface area contributed by atoms with Gasteiger partial charge in [0.05, 0.1) is 84.7 Å². The summed E-state index contributed by atoms with van der Waals surface area (Å²) in [7, 11) is 2.39. The molecule has 84 heavy (non-hydrogen) atoms. The molecule has 3 saturated heterocycles. The van der Waals surface area contributed by atoms with Crippen molar-refractivity contribution in [1.82, 2.24) is 9.97 Å². The first-order chi connectivity index (χ1) is 40.5. The first-order valence-corrected chi connectivity index (χ1v) is 31.7. The van der Waals surface area contributed by atoms with Crippen LogP contribution in [0.5, 0.6) is 11.5 Å². The van der Waals surface area contributed by atoms with E-state index in [1.54, 1.807) is 24.3 Å². The van der Waals surface area contributed by atoms with Crippen LogP contribution in [-0.4, -0.2) is 117 Å². The molecule has 2 N–H and O–H groups in total. The number of nitrogens with one attached hydrogen (secondary N) is 2. The number of hydrogen-bond acceptors (Lipinski definition) is 18. The molecule has 454 valence electrons. The summed E-state index contributed by atoms with van der Waals surface area (Å²) in [5.41, 5.74) is 5.78. The molecule has 7 heterocycles. The molecule has 0 amide bonds. The number of hydrogen-bond donors (Lipinski definition) is 2. The van der Waals surface area contributed by atoms with Crippen molar-refractivity contribution < 1.29 is 66.6 Å². The Morgan fingerprint density at radius 2 is 1.10 bits per heavy atom. The number of carbonyl (C=O) groups excluding carboxylic acids is 2. The first-order valence-electron chi connectivity index (χ1n) is 29.2. The smallest absolute Gasteiger partial charge is 0.484 e. The van der Waals surface area contributed by atoms with Crippen molar-refractivity contribution >= 4 is 95.1 Å². The Bertz CT molecular complexity index is 3210. The van der Waals surface area contributed by atoms with Gasteiger partial charge in [0.1, 0.15) is 23.0 Å². The van der Waals surface area contributed by atoms with E-state index in [1.165, 1.54) is 93.1 Å². The van der Waals surface area contributed by atoms with Crippen LogP contribution in [0.25, 0.3) is 31.7 Å². The van der Waals surface area contributed by atoms with Crippen molar-refractivity contribution in [2.75, 3.05) is 53.9 Å². The maximum atomic E-state index is 12.2. The van der Waals surface area contributed by atoms with Crippen molar-refractivity contribution in [3.8, 4) is 22.8 Å². The minimum absolute atomic E-state index is 0.0618. The Hall–Kier alpha value is -5.44. The zero-order valence-electron chi connectivity index (χ0n) is 48.7. The Labute approximate surface area is 505 Å². The Balaban J connectivity index is 0.000000159. The normalized spacial score (nSPS) is 19.9. The minimum atomic E-state index is -0.467. The van der Waals surface area contributed by atoms with Crippen LogP contribution >= 0.6 is 38.6 Å². The SMILES string of the molecule is COC(=O)c1cc2[nH]c(-c3cccc([N+](=O)[O-])c3OCCOC3CCCCO3)c(C3CCCCC3)c2s1.COC(=O)c1cc2[nH]c(B3OC(C)(C)C(C)(C)O3)c(C3CCCCC3)c2s1.O=[N+]([O-])c1cccc(Br)c1OCCOC1CCCCO1. The van der Waals surface area contributed by atoms with Crippen LogP contribution < -0.4 is 15.1 Å². The Morgan fingerprint density at radius 3 is 1.60 bits per heavy atom. The van der Waals surface area contributed by atoms with Gasteiger partial charge in [0, 0.05) is 30.9 Å². The monoisotopic (exact) mass is 1260 g/mol. The van der Waals surface area contributed by atoms with Gasteiger partial charge in [-0.3, -0.25) is 20.2 Å². The molecule has 0 bridgehead atoms. The van der Waals surface area contributed by atoms with E-state index in [0.717, 1.165) is 108 Å². The number of para-hydroxylation sites is 2. The highest BCUT2D eigenvalue weighted by atomic mass is 79.9. The fourth-order valence-corrected chi connectivity index (χ4v) is 14.3. The third-order valence-corrected chi connectivity index (χ3v) is 19.4. The van der Waals surface area contributed by atoms with Crippen molar-refractivity contribution in [1.29, 1.82) is 0 Å². The highest BCUT2D eigenvalue weighted by molar-refractivity contribution is 9.10. The molecule has 2 unspecified atom stereocenters. The maximum Gasteiger partial charge on any atom is 0.512 e. The van der Waals surface area contributed by atoms with Crippen molar-refractivity contribution in [2.45, 2.75) is 166 Å². The molecule has 2 saturated carbocycles. The topological polar surface area (TPSA) is 244 Å². The molecular formula is C60H76BBrN4O16S2. The fourth-order valence-electron chi connectivity index (χ4n) is 11.5. The number of nitro groups is 2. The number of benzene rings is 2. The van der Waals surface area contributed by atoms with Gasteiger partial charge in [0.2, 0.25) is 11.5 Å². The molecule has 5 fully saturated rings. The molecule has 6 aromatic rings. The second-order valence-electron chi connectivity index (χ2n) is 22.6. The third-order valence-electron chi connectivity index (χ3n) is 16.5. The lowest BCUT2D eigenvalue weighted by molar-refractivity contribution is -0.386. The molecule has 20 nitrogen and oxygen atoms in total. The molecule has 2 atom stereocenters. The number of nitrogens with zero attached hydrogens (tertiary/aromatic N) is 2. The molecule has 2 aromatic carbocycles. The van der Waals surface area contributed by atoms with E-state index in [2.05, 4.69) is 53.6 Å². The molecule has 4 aromatic heterocycles. The van der Waals surface area contributed by atoms with Gasteiger partial charge in [-0.25, -0.2) is 9.59 Å². The Kier molecular flexibility index (Phi) is 21.7. The van der Waals surface area contributed by atoms with E-state index in [4.69, 9.17) is 47.2 Å². The van der Waals surface area contributed by atoms with Gasteiger partial charge in [-0.05, 0) is 155 Å². The molecule has 3 aliphatic heterocycles. The van der Waals surface area contributed by atoms with E-state index in [9.17, 15) is 29.8 Å². The molecule has 0 radical (unpaired) electrons. The number of esters is 2. The van der Waals surface area contributed by atoms with Crippen LogP contribution in [-0.2, 0) is 37.7 Å². The van der Waals surface area contributed by atoms with Crippen LogP contribution in [0.2, 0.25) is 0 Å². The highest BCUT2D eigenvalue weighted by Crippen LogP contribution is 2.49. The van der Waals surface area contributed by atoms with Crippen molar-refractivity contribution in [3.63, 3.8) is 0 Å².